The highest BCUT2D eigenvalue weighted by Gasteiger charge is 2.48. The summed E-state index contributed by atoms with van der Waals surface area (Å²) in [6, 6.07) is 16.7. The van der Waals surface area contributed by atoms with Gasteiger partial charge in [0.15, 0.2) is 16.6 Å². The number of amides is 1. The number of carbonyl (C=O) groups is 2. The number of anilines is 1. The number of benzene rings is 3. The van der Waals surface area contributed by atoms with Crippen LogP contribution >= 0.6 is 22.9 Å². The fourth-order valence-electron chi connectivity index (χ4n) is 4.72. The summed E-state index contributed by atoms with van der Waals surface area (Å²) in [5, 5.41) is 12.3. The summed E-state index contributed by atoms with van der Waals surface area (Å²) in [6.07, 6.45) is 0.881. The van der Waals surface area contributed by atoms with E-state index in [1.807, 2.05) is 32.0 Å². The van der Waals surface area contributed by atoms with Crippen LogP contribution in [0.3, 0.4) is 0 Å². The van der Waals surface area contributed by atoms with E-state index in [0.29, 0.717) is 51.9 Å². The number of hydrogen-bond donors (Lipinski definition) is 1. The third-order valence-electron chi connectivity index (χ3n) is 6.84. The molecular formula is C32H31ClN2O5S. The SMILES string of the molecule is CCOc1cc(C2C(=C(O)c3ccc(Cl)cc3)C(=O)C(=O)N2c2nc3ccc(C)cc3s2)ccc1OCCC(C)C. The van der Waals surface area contributed by atoms with Gasteiger partial charge in [-0.2, -0.15) is 0 Å². The summed E-state index contributed by atoms with van der Waals surface area (Å²) in [7, 11) is 0. The number of thiazole rings is 1. The molecule has 0 radical (unpaired) electrons. The Bertz CT molecular complexity index is 1640. The van der Waals surface area contributed by atoms with Crippen molar-refractivity contribution in [2.75, 3.05) is 18.1 Å². The highest BCUT2D eigenvalue weighted by atomic mass is 35.5. The van der Waals surface area contributed by atoms with Crippen LogP contribution in [0.4, 0.5) is 5.13 Å². The summed E-state index contributed by atoms with van der Waals surface area (Å²) in [4.78, 5) is 33.3. The topological polar surface area (TPSA) is 89.0 Å². The number of fused-ring (bicyclic) bond motifs is 1. The molecule has 0 aliphatic carbocycles. The number of ketones is 1. The van der Waals surface area contributed by atoms with Gasteiger partial charge in [0.25, 0.3) is 5.78 Å². The van der Waals surface area contributed by atoms with Gasteiger partial charge in [0, 0.05) is 10.6 Å². The number of aliphatic hydroxyl groups is 1. The van der Waals surface area contributed by atoms with Crippen LogP contribution in [0.1, 0.15) is 49.9 Å². The Morgan fingerprint density at radius 3 is 2.51 bits per heavy atom. The van der Waals surface area contributed by atoms with Crippen molar-refractivity contribution in [2.45, 2.75) is 40.2 Å². The van der Waals surface area contributed by atoms with Crippen molar-refractivity contribution in [2.24, 2.45) is 5.92 Å². The third-order valence-corrected chi connectivity index (χ3v) is 8.11. The predicted molar refractivity (Wildman–Crippen MR) is 163 cm³/mol. The van der Waals surface area contributed by atoms with Crippen molar-refractivity contribution < 1.29 is 24.2 Å². The maximum absolute atomic E-state index is 13.6. The summed E-state index contributed by atoms with van der Waals surface area (Å²) in [5.41, 5.74) is 2.69. The third kappa shape index (κ3) is 5.80. The van der Waals surface area contributed by atoms with Gasteiger partial charge in [-0.3, -0.25) is 14.5 Å². The maximum Gasteiger partial charge on any atom is 0.301 e. The van der Waals surface area contributed by atoms with E-state index in [0.717, 1.165) is 22.2 Å². The Morgan fingerprint density at radius 1 is 1.05 bits per heavy atom. The quantitative estimate of drug-likeness (QED) is 0.122. The van der Waals surface area contributed by atoms with Gasteiger partial charge in [-0.1, -0.05) is 48.9 Å². The molecule has 4 aromatic rings. The lowest BCUT2D eigenvalue weighted by Crippen LogP contribution is -2.29. The normalized spacial score (nSPS) is 16.6. The van der Waals surface area contributed by atoms with E-state index < -0.39 is 17.7 Å². The van der Waals surface area contributed by atoms with E-state index in [9.17, 15) is 14.7 Å². The zero-order valence-corrected chi connectivity index (χ0v) is 24.9. The zero-order chi connectivity index (χ0) is 29.3. The van der Waals surface area contributed by atoms with Gasteiger partial charge in [-0.15, -0.1) is 0 Å². The van der Waals surface area contributed by atoms with Crippen molar-refractivity contribution >= 4 is 55.7 Å². The summed E-state index contributed by atoms with van der Waals surface area (Å²) in [5.74, 6) is -0.313. The molecule has 0 saturated carbocycles. The molecular weight excluding hydrogens is 560 g/mol. The number of aryl methyl sites for hydroxylation is 1. The molecule has 1 fully saturated rings. The Labute approximate surface area is 248 Å². The fourth-order valence-corrected chi connectivity index (χ4v) is 5.93. The maximum atomic E-state index is 13.6. The monoisotopic (exact) mass is 590 g/mol. The molecule has 1 atom stereocenters. The van der Waals surface area contributed by atoms with E-state index in [1.165, 1.54) is 16.2 Å². The second-order valence-corrected chi connectivity index (χ2v) is 11.8. The summed E-state index contributed by atoms with van der Waals surface area (Å²) in [6.45, 7) is 9.03. The number of nitrogens with zero attached hydrogens (tertiary/aromatic N) is 2. The van der Waals surface area contributed by atoms with E-state index in [2.05, 4.69) is 13.8 Å². The standard InChI is InChI=1S/C32H31ClN2O5S/c1-5-39-25-17-21(9-13-24(25)40-15-14-18(2)3)28-27(29(36)20-7-10-22(33)11-8-20)30(37)31(38)35(28)32-34-23-12-6-19(4)16-26(23)41-32/h6-13,16-18,28,36H,5,14-15H2,1-4H3. The zero-order valence-electron chi connectivity index (χ0n) is 23.3. The molecule has 1 saturated heterocycles. The Morgan fingerprint density at radius 2 is 1.80 bits per heavy atom. The second kappa shape index (κ2) is 11.9. The molecule has 0 spiro atoms. The Hall–Kier alpha value is -3.88. The number of aromatic nitrogens is 1. The van der Waals surface area contributed by atoms with E-state index in [-0.39, 0.29) is 11.3 Å². The molecule has 1 unspecified atom stereocenters. The lowest BCUT2D eigenvalue weighted by atomic mass is 9.95. The van der Waals surface area contributed by atoms with Crippen LogP contribution in [0, 0.1) is 12.8 Å². The molecule has 41 heavy (non-hydrogen) atoms. The van der Waals surface area contributed by atoms with Gasteiger partial charge < -0.3 is 14.6 Å². The van der Waals surface area contributed by atoms with Gasteiger partial charge in [0.1, 0.15) is 5.76 Å². The highest BCUT2D eigenvalue weighted by Crippen LogP contribution is 2.46. The molecule has 7 nitrogen and oxygen atoms in total. The van der Waals surface area contributed by atoms with Crippen molar-refractivity contribution in [1.82, 2.24) is 4.98 Å². The second-order valence-electron chi connectivity index (χ2n) is 10.3. The molecule has 5 rings (SSSR count). The molecule has 1 aromatic heterocycles. The molecule has 1 aliphatic rings. The molecule has 9 heteroatoms. The minimum atomic E-state index is -0.948. The van der Waals surface area contributed by atoms with Crippen LogP contribution in [-0.2, 0) is 9.59 Å². The first-order chi connectivity index (χ1) is 19.7. The number of Topliss-reactive ketones (excluding diaryl/α,β-unsaturated/α-hetero) is 1. The van der Waals surface area contributed by atoms with E-state index in [4.69, 9.17) is 26.1 Å². The molecule has 0 bridgehead atoms. The number of hydrogen-bond acceptors (Lipinski definition) is 7. The average Bonchev–Trinajstić information content (AvgIpc) is 3.47. The van der Waals surface area contributed by atoms with Crippen molar-refractivity contribution in [1.29, 1.82) is 0 Å². The van der Waals surface area contributed by atoms with Crippen LogP contribution < -0.4 is 14.4 Å². The van der Waals surface area contributed by atoms with Gasteiger partial charge >= 0.3 is 5.91 Å². The number of carbonyl (C=O) groups excluding carboxylic acids is 2. The lowest BCUT2D eigenvalue weighted by Gasteiger charge is -2.24. The molecule has 1 aliphatic heterocycles. The Kier molecular flexibility index (Phi) is 8.33. The van der Waals surface area contributed by atoms with Crippen LogP contribution in [-0.4, -0.2) is 35.0 Å². The van der Waals surface area contributed by atoms with Crippen LogP contribution in [0.15, 0.2) is 66.2 Å². The Balaban J connectivity index is 1.67. The van der Waals surface area contributed by atoms with Gasteiger partial charge in [0.2, 0.25) is 0 Å². The molecule has 1 amide bonds. The van der Waals surface area contributed by atoms with Crippen LogP contribution in [0.25, 0.3) is 16.0 Å². The highest BCUT2D eigenvalue weighted by molar-refractivity contribution is 7.22. The minimum absolute atomic E-state index is 0.0383. The van der Waals surface area contributed by atoms with Gasteiger partial charge in [-0.25, -0.2) is 4.98 Å². The fraction of sp³-hybridized carbons (Fsp3) is 0.281. The largest absolute Gasteiger partial charge is 0.507 e. The predicted octanol–water partition coefficient (Wildman–Crippen LogP) is 7.71. The lowest BCUT2D eigenvalue weighted by molar-refractivity contribution is -0.132. The van der Waals surface area contributed by atoms with Gasteiger partial charge in [-0.05, 0) is 85.8 Å². The minimum Gasteiger partial charge on any atom is -0.507 e. The molecule has 212 valence electrons. The van der Waals surface area contributed by atoms with Crippen LogP contribution in [0.2, 0.25) is 5.02 Å². The smallest absolute Gasteiger partial charge is 0.301 e. The summed E-state index contributed by atoms with van der Waals surface area (Å²) < 4.78 is 12.8. The van der Waals surface area contributed by atoms with Crippen molar-refractivity contribution in [3.63, 3.8) is 0 Å². The molecule has 1 N–H and O–H groups in total. The average molecular weight is 591 g/mol. The molecule has 3 aromatic carbocycles. The van der Waals surface area contributed by atoms with E-state index in [1.54, 1.807) is 42.5 Å². The van der Waals surface area contributed by atoms with E-state index >= 15 is 0 Å². The number of halogens is 1. The number of aliphatic hydroxyl groups excluding tert-OH is 1. The first-order valence-electron chi connectivity index (χ1n) is 13.5. The number of ether oxygens (including phenoxy) is 2. The van der Waals surface area contributed by atoms with Crippen LogP contribution in [0.5, 0.6) is 11.5 Å². The number of rotatable bonds is 9. The summed E-state index contributed by atoms with van der Waals surface area (Å²) >= 11 is 7.38. The first-order valence-corrected chi connectivity index (χ1v) is 14.7. The van der Waals surface area contributed by atoms with Gasteiger partial charge in [0.05, 0.1) is 35.0 Å². The van der Waals surface area contributed by atoms with Crippen molar-refractivity contribution in [3.8, 4) is 11.5 Å². The van der Waals surface area contributed by atoms with Crippen molar-refractivity contribution in [3.05, 3.63) is 87.9 Å². The molecule has 2 heterocycles. The first kappa shape index (κ1) is 28.6.